The normalized spacial score (nSPS) is 13.4. The molecule has 0 aliphatic carbocycles. The van der Waals surface area contributed by atoms with Crippen LogP contribution in [0.1, 0.15) is 44.4 Å². The van der Waals surface area contributed by atoms with Crippen molar-refractivity contribution in [2.75, 3.05) is 7.05 Å². The predicted molar refractivity (Wildman–Crippen MR) is 83.8 cm³/mol. The summed E-state index contributed by atoms with van der Waals surface area (Å²) in [4.78, 5) is 0. The molecular formula is C17H25N3. The van der Waals surface area contributed by atoms with Crippen LogP contribution in [0.2, 0.25) is 0 Å². The van der Waals surface area contributed by atoms with Gasteiger partial charge in [0.15, 0.2) is 0 Å². The highest BCUT2D eigenvalue weighted by molar-refractivity contribution is 5.30. The van der Waals surface area contributed by atoms with Crippen LogP contribution in [0.4, 0.5) is 0 Å². The van der Waals surface area contributed by atoms with Gasteiger partial charge >= 0.3 is 0 Å². The molecular weight excluding hydrogens is 246 g/mol. The van der Waals surface area contributed by atoms with Crippen LogP contribution in [0.25, 0.3) is 0 Å². The maximum Gasteiger partial charge on any atom is 0.0537 e. The van der Waals surface area contributed by atoms with E-state index in [1.807, 2.05) is 17.9 Å². The van der Waals surface area contributed by atoms with Crippen LogP contribution in [0.15, 0.2) is 42.7 Å². The van der Waals surface area contributed by atoms with Crippen LogP contribution >= 0.6 is 0 Å². The van der Waals surface area contributed by atoms with Crippen LogP contribution in [0.3, 0.4) is 0 Å². The van der Waals surface area contributed by atoms with Crippen LogP contribution in [-0.2, 0) is 12.0 Å². The molecule has 1 atom stereocenters. The summed E-state index contributed by atoms with van der Waals surface area (Å²) in [5.74, 6) is 0. The van der Waals surface area contributed by atoms with Crippen LogP contribution in [0, 0.1) is 0 Å². The van der Waals surface area contributed by atoms with E-state index in [4.69, 9.17) is 0 Å². The molecule has 1 N–H and O–H groups in total. The van der Waals surface area contributed by atoms with E-state index in [2.05, 4.69) is 67.7 Å². The van der Waals surface area contributed by atoms with Crippen molar-refractivity contribution < 1.29 is 0 Å². The van der Waals surface area contributed by atoms with Gasteiger partial charge in [-0.1, -0.05) is 51.1 Å². The Morgan fingerprint density at radius 1 is 1.25 bits per heavy atom. The van der Waals surface area contributed by atoms with Crippen LogP contribution in [0.5, 0.6) is 0 Å². The first-order valence-electron chi connectivity index (χ1n) is 7.34. The molecule has 0 amide bonds. The standard InChI is InChI=1S/C17H25N3/c1-5-11-20-13-14(12-19-20)16(18-4)17(2,3)15-9-7-6-8-10-15/h6-10,12-13,16,18H,5,11H2,1-4H3. The first-order valence-corrected chi connectivity index (χ1v) is 7.34. The molecule has 0 bridgehead atoms. The van der Waals surface area contributed by atoms with E-state index in [9.17, 15) is 0 Å². The maximum absolute atomic E-state index is 4.46. The van der Waals surface area contributed by atoms with Gasteiger partial charge in [-0.25, -0.2) is 0 Å². The summed E-state index contributed by atoms with van der Waals surface area (Å²) in [6.45, 7) is 7.70. The second kappa shape index (κ2) is 6.23. The summed E-state index contributed by atoms with van der Waals surface area (Å²) in [6, 6.07) is 10.9. The molecule has 1 aromatic carbocycles. The minimum absolute atomic E-state index is 0.0100. The van der Waals surface area contributed by atoms with E-state index < -0.39 is 0 Å². The molecule has 3 heteroatoms. The van der Waals surface area contributed by atoms with Crippen molar-refractivity contribution in [3.63, 3.8) is 0 Å². The third kappa shape index (κ3) is 2.93. The molecule has 0 radical (unpaired) electrons. The Balaban J connectivity index is 2.30. The fourth-order valence-corrected chi connectivity index (χ4v) is 2.86. The molecule has 3 nitrogen and oxygen atoms in total. The first-order chi connectivity index (χ1) is 9.59. The van der Waals surface area contributed by atoms with Gasteiger partial charge in [0.05, 0.1) is 6.20 Å². The summed E-state index contributed by atoms with van der Waals surface area (Å²) in [7, 11) is 2.02. The van der Waals surface area contributed by atoms with Gasteiger partial charge in [0, 0.05) is 29.8 Å². The number of hydrogen-bond acceptors (Lipinski definition) is 2. The summed E-state index contributed by atoms with van der Waals surface area (Å²) < 4.78 is 2.03. The number of aromatic nitrogens is 2. The number of nitrogens with one attached hydrogen (secondary N) is 1. The third-order valence-corrected chi connectivity index (χ3v) is 3.97. The van der Waals surface area contributed by atoms with E-state index >= 15 is 0 Å². The smallest absolute Gasteiger partial charge is 0.0537 e. The number of likely N-dealkylation sites (N-methyl/N-ethyl adjacent to an activating group) is 1. The lowest BCUT2D eigenvalue weighted by Gasteiger charge is -2.34. The highest BCUT2D eigenvalue weighted by Gasteiger charge is 2.32. The van der Waals surface area contributed by atoms with Crippen molar-refractivity contribution in [2.45, 2.75) is 45.2 Å². The average molecular weight is 271 g/mol. The molecule has 1 aromatic heterocycles. The molecule has 0 aliphatic rings. The van der Waals surface area contributed by atoms with Gasteiger partial charge in [0.2, 0.25) is 0 Å². The Morgan fingerprint density at radius 2 is 1.95 bits per heavy atom. The molecule has 20 heavy (non-hydrogen) atoms. The molecule has 1 heterocycles. The van der Waals surface area contributed by atoms with Crippen molar-refractivity contribution in [3.05, 3.63) is 53.9 Å². The van der Waals surface area contributed by atoms with Gasteiger partial charge in [-0.05, 0) is 19.0 Å². The van der Waals surface area contributed by atoms with Crippen LogP contribution in [-0.4, -0.2) is 16.8 Å². The molecule has 108 valence electrons. The summed E-state index contributed by atoms with van der Waals surface area (Å²) in [6.07, 6.45) is 5.25. The SMILES string of the molecule is CCCn1cc(C(NC)C(C)(C)c2ccccc2)cn1. The van der Waals surface area contributed by atoms with Gasteiger partial charge in [-0.3, -0.25) is 4.68 Å². The van der Waals surface area contributed by atoms with Crippen molar-refractivity contribution in [3.8, 4) is 0 Å². The Bertz CT molecular complexity index is 528. The number of nitrogens with zero attached hydrogens (tertiary/aromatic N) is 2. The topological polar surface area (TPSA) is 29.9 Å². The van der Waals surface area contributed by atoms with Crippen molar-refractivity contribution in [1.29, 1.82) is 0 Å². The fourth-order valence-electron chi connectivity index (χ4n) is 2.86. The van der Waals surface area contributed by atoms with E-state index in [1.165, 1.54) is 11.1 Å². The Labute approximate surface area is 122 Å². The maximum atomic E-state index is 4.46. The number of rotatable bonds is 6. The zero-order chi connectivity index (χ0) is 14.6. The molecule has 0 saturated carbocycles. The van der Waals surface area contributed by atoms with Gasteiger partial charge < -0.3 is 5.32 Å². The zero-order valence-corrected chi connectivity index (χ0v) is 12.9. The predicted octanol–water partition coefficient (Wildman–Crippen LogP) is 3.53. The monoisotopic (exact) mass is 271 g/mol. The number of aryl methyl sites for hydroxylation is 1. The number of hydrogen-bond donors (Lipinski definition) is 1. The summed E-state index contributed by atoms with van der Waals surface area (Å²) in [5, 5.41) is 7.92. The van der Waals surface area contributed by atoms with E-state index in [-0.39, 0.29) is 11.5 Å². The molecule has 0 aliphatic heterocycles. The highest BCUT2D eigenvalue weighted by atomic mass is 15.3. The van der Waals surface area contributed by atoms with E-state index in [0.29, 0.717) is 0 Å². The summed E-state index contributed by atoms with van der Waals surface area (Å²) in [5.41, 5.74) is 2.59. The lowest BCUT2D eigenvalue weighted by molar-refractivity contribution is 0.368. The van der Waals surface area contributed by atoms with Gasteiger partial charge in [0.25, 0.3) is 0 Å². The summed E-state index contributed by atoms with van der Waals surface area (Å²) >= 11 is 0. The second-order valence-corrected chi connectivity index (χ2v) is 5.85. The Morgan fingerprint density at radius 3 is 2.55 bits per heavy atom. The molecule has 2 rings (SSSR count). The molecule has 2 aromatic rings. The Hall–Kier alpha value is -1.61. The van der Waals surface area contributed by atoms with E-state index in [1.54, 1.807) is 0 Å². The molecule has 1 unspecified atom stereocenters. The van der Waals surface area contributed by atoms with Crippen molar-refractivity contribution >= 4 is 0 Å². The minimum Gasteiger partial charge on any atom is -0.312 e. The lowest BCUT2D eigenvalue weighted by atomic mass is 9.75. The largest absolute Gasteiger partial charge is 0.312 e. The average Bonchev–Trinajstić information content (AvgIpc) is 2.89. The van der Waals surface area contributed by atoms with Crippen LogP contribution < -0.4 is 5.32 Å². The minimum atomic E-state index is 0.0100. The van der Waals surface area contributed by atoms with Gasteiger partial charge in [0.1, 0.15) is 0 Å². The van der Waals surface area contributed by atoms with Crippen molar-refractivity contribution in [1.82, 2.24) is 15.1 Å². The second-order valence-electron chi connectivity index (χ2n) is 5.85. The van der Waals surface area contributed by atoms with Gasteiger partial charge in [-0.15, -0.1) is 0 Å². The zero-order valence-electron chi connectivity index (χ0n) is 12.9. The lowest BCUT2D eigenvalue weighted by Crippen LogP contribution is -2.35. The van der Waals surface area contributed by atoms with E-state index in [0.717, 1.165) is 13.0 Å². The van der Waals surface area contributed by atoms with Crippen molar-refractivity contribution in [2.24, 2.45) is 0 Å². The van der Waals surface area contributed by atoms with Gasteiger partial charge in [-0.2, -0.15) is 5.10 Å². The Kier molecular flexibility index (Phi) is 4.61. The first kappa shape index (κ1) is 14.8. The molecule has 0 saturated heterocycles. The fraction of sp³-hybridized carbons (Fsp3) is 0.471. The molecule has 0 spiro atoms. The quantitative estimate of drug-likeness (QED) is 0.871. The highest BCUT2D eigenvalue weighted by Crippen LogP contribution is 2.36. The number of benzene rings is 1. The third-order valence-electron chi connectivity index (χ3n) is 3.97. The molecule has 0 fully saturated rings.